The molecule has 2 fully saturated rings. The van der Waals surface area contributed by atoms with E-state index in [2.05, 4.69) is 28.1 Å². The Balaban J connectivity index is 0.00000161. The van der Waals surface area contributed by atoms with Crippen LogP contribution in [0.3, 0.4) is 0 Å². The van der Waals surface area contributed by atoms with Crippen molar-refractivity contribution >= 4 is 34.2 Å². The number of nitrogens with two attached hydrogens (primary N) is 1. The average Bonchev–Trinajstić information content (AvgIpc) is 3.08. The molecule has 1 aliphatic carbocycles. The molecule has 1 saturated heterocycles. The van der Waals surface area contributed by atoms with Gasteiger partial charge in [0, 0.05) is 23.6 Å². The van der Waals surface area contributed by atoms with E-state index in [-0.39, 0.29) is 23.9 Å². The molecule has 1 saturated carbocycles. The first-order valence-corrected chi connectivity index (χ1v) is 8.22. The third-order valence-corrected chi connectivity index (χ3v) is 5.30. The van der Waals surface area contributed by atoms with Gasteiger partial charge in [0.2, 0.25) is 5.91 Å². The minimum Gasteiger partial charge on any atom is -0.340 e. The van der Waals surface area contributed by atoms with Crippen molar-refractivity contribution in [1.82, 2.24) is 4.90 Å². The van der Waals surface area contributed by atoms with Crippen LogP contribution in [0.5, 0.6) is 0 Å². The van der Waals surface area contributed by atoms with Crippen molar-refractivity contribution in [3.05, 3.63) is 34.3 Å². The molecule has 5 heteroatoms. The molecule has 2 N–H and O–H groups in total. The molecule has 3 nitrogen and oxygen atoms in total. The maximum atomic E-state index is 13.1. The molecule has 0 spiro atoms. The van der Waals surface area contributed by atoms with Gasteiger partial charge in [-0.15, -0.1) is 12.4 Å². The molecule has 1 aromatic rings. The summed E-state index contributed by atoms with van der Waals surface area (Å²) in [5, 5.41) is 0. The summed E-state index contributed by atoms with van der Waals surface area (Å²) >= 11 is 3.47. The minimum absolute atomic E-state index is 0. The maximum Gasteiger partial charge on any atom is 0.233 e. The van der Waals surface area contributed by atoms with E-state index >= 15 is 0 Å². The molecule has 1 aromatic carbocycles. The molecule has 0 bridgehead atoms. The Bertz CT molecular complexity index is 500. The van der Waals surface area contributed by atoms with Crippen molar-refractivity contribution in [1.29, 1.82) is 0 Å². The van der Waals surface area contributed by atoms with Gasteiger partial charge in [0.15, 0.2) is 0 Å². The van der Waals surface area contributed by atoms with Crippen molar-refractivity contribution in [3.63, 3.8) is 0 Å². The Morgan fingerprint density at radius 2 is 1.86 bits per heavy atom. The second kappa shape index (κ2) is 6.67. The molecule has 0 unspecified atom stereocenters. The molecule has 2 aliphatic rings. The summed E-state index contributed by atoms with van der Waals surface area (Å²) in [4.78, 5) is 15.0. The van der Waals surface area contributed by atoms with Gasteiger partial charge >= 0.3 is 0 Å². The van der Waals surface area contributed by atoms with Gasteiger partial charge in [0.25, 0.3) is 0 Å². The Hall–Kier alpha value is -0.580. The molecule has 21 heavy (non-hydrogen) atoms. The standard InChI is InChI=1S/C16H21BrN2O.ClH/c17-13-5-3-12(4-6-13)16(8-1-2-9-16)15(20)19-10-7-14(18)11-19;/h3-6,14H,1-2,7-11,18H2;1H/t14-;/m1./s1. The number of carbonyl (C=O) groups is 1. The summed E-state index contributed by atoms with van der Waals surface area (Å²) in [5.41, 5.74) is 6.83. The van der Waals surface area contributed by atoms with Crippen LogP contribution < -0.4 is 5.73 Å². The van der Waals surface area contributed by atoms with Gasteiger partial charge in [-0.05, 0) is 37.0 Å². The molecule has 0 radical (unpaired) electrons. The summed E-state index contributed by atoms with van der Waals surface area (Å²) < 4.78 is 1.06. The normalized spacial score (nSPS) is 23.9. The number of benzene rings is 1. The lowest BCUT2D eigenvalue weighted by Crippen LogP contribution is -2.45. The van der Waals surface area contributed by atoms with Crippen LogP contribution in [-0.2, 0) is 10.2 Å². The van der Waals surface area contributed by atoms with Crippen LogP contribution >= 0.6 is 28.3 Å². The summed E-state index contributed by atoms with van der Waals surface area (Å²) in [7, 11) is 0. The number of rotatable bonds is 2. The summed E-state index contributed by atoms with van der Waals surface area (Å²) in [6.45, 7) is 1.54. The van der Waals surface area contributed by atoms with Crippen LogP contribution in [0.15, 0.2) is 28.7 Å². The molecule has 3 rings (SSSR count). The first-order chi connectivity index (χ1) is 9.62. The molecule has 1 atom stereocenters. The minimum atomic E-state index is -0.301. The van der Waals surface area contributed by atoms with E-state index in [0.29, 0.717) is 5.91 Å². The van der Waals surface area contributed by atoms with Crippen molar-refractivity contribution in [2.24, 2.45) is 5.73 Å². The Morgan fingerprint density at radius 1 is 1.24 bits per heavy atom. The summed E-state index contributed by atoms with van der Waals surface area (Å²) in [5.74, 6) is 0.297. The highest BCUT2D eigenvalue weighted by atomic mass is 79.9. The SMILES string of the molecule is Cl.N[C@@H]1CCN(C(=O)C2(c3ccc(Br)cc3)CCCC2)C1. The van der Waals surface area contributed by atoms with Crippen molar-refractivity contribution in [3.8, 4) is 0 Å². The van der Waals surface area contributed by atoms with Gasteiger partial charge in [-0.1, -0.05) is 40.9 Å². The van der Waals surface area contributed by atoms with E-state index in [1.807, 2.05) is 17.0 Å². The average molecular weight is 374 g/mol. The van der Waals surface area contributed by atoms with Crippen molar-refractivity contribution in [2.75, 3.05) is 13.1 Å². The molecule has 116 valence electrons. The number of halogens is 2. The Labute approximate surface area is 140 Å². The number of carbonyl (C=O) groups excluding carboxylic acids is 1. The number of likely N-dealkylation sites (tertiary alicyclic amines) is 1. The highest BCUT2D eigenvalue weighted by Gasteiger charge is 2.45. The lowest BCUT2D eigenvalue weighted by molar-refractivity contribution is -0.136. The van der Waals surface area contributed by atoms with Gasteiger partial charge in [-0.3, -0.25) is 4.79 Å². The number of amides is 1. The molecule has 1 amide bonds. The third kappa shape index (κ3) is 3.13. The van der Waals surface area contributed by atoms with Gasteiger partial charge < -0.3 is 10.6 Å². The van der Waals surface area contributed by atoms with E-state index in [1.165, 1.54) is 5.56 Å². The number of nitrogens with zero attached hydrogens (tertiary/aromatic N) is 1. The lowest BCUT2D eigenvalue weighted by atomic mass is 9.77. The highest BCUT2D eigenvalue weighted by Crippen LogP contribution is 2.43. The molecular formula is C16H22BrClN2O. The highest BCUT2D eigenvalue weighted by molar-refractivity contribution is 9.10. The smallest absolute Gasteiger partial charge is 0.233 e. The largest absolute Gasteiger partial charge is 0.340 e. The summed E-state index contributed by atoms with van der Waals surface area (Å²) in [6, 6.07) is 8.44. The molecule has 1 heterocycles. The fraction of sp³-hybridized carbons (Fsp3) is 0.562. The second-order valence-corrected chi connectivity index (χ2v) is 7.01. The lowest BCUT2D eigenvalue weighted by Gasteiger charge is -2.33. The van der Waals surface area contributed by atoms with E-state index in [1.54, 1.807) is 0 Å². The molecule has 1 aliphatic heterocycles. The predicted octanol–water partition coefficient (Wildman–Crippen LogP) is 3.24. The van der Waals surface area contributed by atoms with E-state index in [0.717, 1.165) is 49.7 Å². The second-order valence-electron chi connectivity index (χ2n) is 6.10. The Kier molecular flexibility index (Phi) is 5.33. The monoisotopic (exact) mass is 372 g/mol. The van der Waals surface area contributed by atoms with Gasteiger partial charge in [0.05, 0.1) is 5.41 Å². The maximum absolute atomic E-state index is 13.1. The molecular weight excluding hydrogens is 352 g/mol. The van der Waals surface area contributed by atoms with Gasteiger partial charge in [0.1, 0.15) is 0 Å². The van der Waals surface area contributed by atoms with Crippen molar-refractivity contribution in [2.45, 2.75) is 43.6 Å². The van der Waals surface area contributed by atoms with Crippen LogP contribution in [0.4, 0.5) is 0 Å². The van der Waals surface area contributed by atoms with Crippen molar-refractivity contribution < 1.29 is 4.79 Å². The fourth-order valence-corrected chi connectivity index (χ4v) is 3.91. The summed E-state index contributed by atoms with van der Waals surface area (Å²) in [6.07, 6.45) is 5.16. The first-order valence-electron chi connectivity index (χ1n) is 7.43. The predicted molar refractivity (Wildman–Crippen MR) is 90.7 cm³/mol. The number of hydrogen-bond acceptors (Lipinski definition) is 2. The van der Waals surface area contributed by atoms with Crippen LogP contribution in [0.25, 0.3) is 0 Å². The molecule has 0 aromatic heterocycles. The van der Waals surface area contributed by atoms with E-state index in [9.17, 15) is 4.79 Å². The van der Waals surface area contributed by atoms with E-state index < -0.39 is 0 Å². The topological polar surface area (TPSA) is 46.3 Å². The zero-order valence-electron chi connectivity index (χ0n) is 12.1. The quantitative estimate of drug-likeness (QED) is 0.865. The fourth-order valence-electron chi connectivity index (χ4n) is 3.65. The van der Waals surface area contributed by atoms with Gasteiger partial charge in [-0.25, -0.2) is 0 Å². The van der Waals surface area contributed by atoms with Crippen LogP contribution in [0, 0.1) is 0 Å². The third-order valence-electron chi connectivity index (χ3n) is 4.78. The Morgan fingerprint density at radius 3 is 2.38 bits per heavy atom. The van der Waals surface area contributed by atoms with E-state index in [4.69, 9.17) is 5.73 Å². The van der Waals surface area contributed by atoms with Gasteiger partial charge in [-0.2, -0.15) is 0 Å². The zero-order valence-corrected chi connectivity index (χ0v) is 14.5. The zero-order chi connectivity index (χ0) is 14.2. The first kappa shape index (κ1) is 16.8. The van der Waals surface area contributed by atoms with Crippen LogP contribution in [0.1, 0.15) is 37.7 Å². The number of hydrogen-bond donors (Lipinski definition) is 1. The van der Waals surface area contributed by atoms with Crippen LogP contribution in [-0.4, -0.2) is 29.9 Å². The van der Waals surface area contributed by atoms with Crippen LogP contribution in [0.2, 0.25) is 0 Å².